The van der Waals surface area contributed by atoms with Gasteiger partial charge in [-0.05, 0) is 42.1 Å². The molecule has 1 aromatic heterocycles. The van der Waals surface area contributed by atoms with E-state index in [1.165, 1.54) is 4.68 Å². The maximum absolute atomic E-state index is 12.1. The summed E-state index contributed by atoms with van der Waals surface area (Å²) >= 11 is 3.36. The van der Waals surface area contributed by atoms with Gasteiger partial charge in [0.15, 0.2) is 0 Å². The monoisotopic (exact) mass is 315 g/mol. The number of hydrogen-bond acceptors (Lipinski definition) is 3. The zero-order chi connectivity index (χ0) is 14.1. The summed E-state index contributed by atoms with van der Waals surface area (Å²) in [6.07, 6.45) is 1.70. The molecule has 1 heterocycles. The van der Waals surface area contributed by atoms with E-state index in [-0.39, 0.29) is 23.1 Å². The van der Waals surface area contributed by atoms with Crippen LogP contribution < -0.4 is 10.9 Å². The van der Waals surface area contributed by atoms with Crippen molar-refractivity contribution >= 4 is 21.6 Å². The number of rotatable bonds is 3. The van der Waals surface area contributed by atoms with Gasteiger partial charge in [-0.1, -0.05) is 20.8 Å². The summed E-state index contributed by atoms with van der Waals surface area (Å²) in [6, 6.07) is 0.299. The number of halogens is 1. The molecule has 4 nitrogen and oxygen atoms in total. The lowest BCUT2D eigenvalue weighted by atomic mass is 9.88. The Kier molecular flexibility index (Phi) is 4.59. The molecule has 0 amide bonds. The van der Waals surface area contributed by atoms with E-state index in [1.54, 1.807) is 6.20 Å². The van der Waals surface area contributed by atoms with Gasteiger partial charge in [0.25, 0.3) is 5.56 Å². The van der Waals surface area contributed by atoms with Crippen LogP contribution in [0, 0.1) is 5.41 Å². The predicted molar refractivity (Wildman–Crippen MR) is 79.1 cm³/mol. The summed E-state index contributed by atoms with van der Waals surface area (Å²) in [5.41, 5.74) is 0.766. The average molecular weight is 316 g/mol. The molecule has 0 aliphatic heterocycles. The van der Waals surface area contributed by atoms with Gasteiger partial charge in [-0.25, -0.2) is 4.68 Å². The molecular formula is C13H22BrN3O. The highest BCUT2D eigenvalue weighted by Gasteiger charge is 2.21. The molecule has 0 aliphatic carbocycles. The highest BCUT2D eigenvalue weighted by atomic mass is 79.9. The van der Waals surface area contributed by atoms with Gasteiger partial charge >= 0.3 is 0 Å². The lowest BCUT2D eigenvalue weighted by molar-refractivity contribution is 0.359. The van der Waals surface area contributed by atoms with Gasteiger partial charge < -0.3 is 5.32 Å². The molecule has 102 valence electrons. The second-order valence-corrected chi connectivity index (χ2v) is 6.74. The fraction of sp³-hybridized carbons (Fsp3) is 0.692. The smallest absolute Gasteiger partial charge is 0.283 e. The van der Waals surface area contributed by atoms with Crippen LogP contribution >= 0.6 is 15.9 Å². The highest BCUT2D eigenvalue weighted by molar-refractivity contribution is 9.10. The summed E-state index contributed by atoms with van der Waals surface area (Å²) in [7, 11) is 0. The van der Waals surface area contributed by atoms with Crippen molar-refractivity contribution in [2.24, 2.45) is 5.41 Å². The highest BCUT2D eigenvalue weighted by Crippen LogP contribution is 2.25. The second-order valence-electron chi connectivity index (χ2n) is 5.95. The fourth-order valence-corrected chi connectivity index (χ4v) is 1.76. The van der Waals surface area contributed by atoms with Crippen molar-refractivity contribution < 1.29 is 0 Å². The van der Waals surface area contributed by atoms with Gasteiger partial charge in [0.05, 0.1) is 17.9 Å². The molecule has 0 radical (unpaired) electrons. The first kappa shape index (κ1) is 15.2. The first-order valence-electron chi connectivity index (χ1n) is 6.18. The maximum Gasteiger partial charge on any atom is 0.283 e. The number of hydrogen-bond donors (Lipinski definition) is 1. The van der Waals surface area contributed by atoms with Gasteiger partial charge in [0.2, 0.25) is 0 Å². The molecule has 5 heteroatoms. The van der Waals surface area contributed by atoms with E-state index in [0.717, 1.165) is 5.69 Å². The molecule has 0 fully saturated rings. The Labute approximate surface area is 117 Å². The minimum absolute atomic E-state index is 0.0582. The van der Waals surface area contributed by atoms with Crippen molar-refractivity contribution in [3.05, 3.63) is 21.0 Å². The van der Waals surface area contributed by atoms with E-state index in [0.29, 0.717) is 4.47 Å². The molecule has 0 bridgehead atoms. The summed E-state index contributed by atoms with van der Waals surface area (Å²) in [5, 5.41) is 7.52. The molecule has 0 saturated carbocycles. The summed E-state index contributed by atoms with van der Waals surface area (Å²) in [6.45, 7) is 12.4. The molecule has 1 atom stereocenters. The Bertz CT molecular complexity index is 474. The molecule has 1 unspecified atom stereocenters. The normalized spacial score (nSPS) is 13.8. The topological polar surface area (TPSA) is 46.9 Å². The zero-order valence-corrected chi connectivity index (χ0v) is 13.5. The summed E-state index contributed by atoms with van der Waals surface area (Å²) in [5.74, 6) is 0. The Morgan fingerprint density at radius 2 is 1.89 bits per heavy atom. The van der Waals surface area contributed by atoms with Crippen molar-refractivity contribution in [1.29, 1.82) is 0 Å². The third-order valence-corrected chi connectivity index (χ3v) is 3.87. The molecule has 0 saturated heterocycles. The van der Waals surface area contributed by atoms with Crippen molar-refractivity contribution in [1.82, 2.24) is 9.78 Å². The Morgan fingerprint density at radius 1 is 1.33 bits per heavy atom. The van der Waals surface area contributed by atoms with Crippen LogP contribution in [0.15, 0.2) is 15.5 Å². The SMILES string of the molecule is CC(C)n1ncc(NC(C)C(C)(C)C)c(Br)c1=O. The summed E-state index contributed by atoms with van der Waals surface area (Å²) in [4.78, 5) is 12.1. The van der Waals surface area contributed by atoms with E-state index in [2.05, 4.69) is 54.0 Å². The Balaban J connectivity index is 3.07. The molecular weight excluding hydrogens is 294 g/mol. The van der Waals surface area contributed by atoms with Crippen molar-refractivity contribution in [3.8, 4) is 0 Å². The van der Waals surface area contributed by atoms with Gasteiger partial charge in [-0.15, -0.1) is 0 Å². The maximum atomic E-state index is 12.1. The van der Waals surface area contributed by atoms with Crippen LogP contribution in [0.2, 0.25) is 0 Å². The van der Waals surface area contributed by atoms with Gasteiger partial charge in [0.1, 0.15) is 4.47 Å². The number of anilines is 1. The molecule has 1 N–H and O–H groups in total. The van der Waals surface area contributed by atoms with Crippen LogP contribution in [0.3, 0.4) is 0 Å². The zero-order valence-electron chi connectivity index (χ0n) is 11.9. The average Bonchev–Trinajstić information content (AvgIpc) is 2.22. The van der Waals surface area contributed by atoms with Crippen LogP contribution in [0.25, 0.3) is 0 Å². The van der Waals surface area contributed by atoms with Crippen LogP contribution in [-0.2, 0) is 0 Å². The lowest BCUT2D eigenvalue weighted by Crippen LogP contribution is -2.33. The third-order valence-electron chi connectivity index (χ3n) is 3.10. The van der Waals surface area contributed by atoms with E-state index in [1.807, 2.05) is 13.8 Å². The quantitative estimate of drug-likeness (QED) is 0.929. The Hall–Kier alpha value is -0.840. The van der Waals surface area contributed by atoms with Crippen LogP contribution in [0.5, 0.6) is 0 Å². The largest absolute Gasteiger partial charge is 0.380 e. The van der Waals surface area contributed by atoms with Gasteiger partial charge in [-0.2, -0.15) is 5.10 Å². The van der Waals surface area contributed by atoms with E-state index in [9.17, 15) is 4.79 Å². The van der Waals surface area contributed by atoms with E-state index < -0.39 is 0 Å². The van der Waals surface area contributed by atoms with Crippen molar-refractivity contribution in [3.63, 3.8) is 0 Å². The molecule has 0 aliphatic rings. The number of nitrogens with one attached hydrogen (secondary N) is 1. The van der Waals surface area contributed by atoms with Crippen LogP contribution in [0.1, 0.15) is 47.6 Å². The molecule has 1 rings (SSSR count). The molecule has 0 spiro atoms. The van der Waals surface area contributed by atoms with Gasteiger partial charge in [-0.3, -0.25) is 4.79 Å². The molecule has 18 heavy (non-hydrogen) atoms. The Morgan fingerprint density at radius 3 is 2.33 bits per heavy atom. The second kappa shape index (κ2) is 5.43. The summed E-state index contributed by atoms with van der Waals surface area (Å²) < 4.78 is 2.01. The van der Waals surface area contributed by atoms with Crippen LogP contribution in [0.4, 0.5) is 5.69 Å². The predicted octanol–water partition coefficient (Wildman–Crippen LogP) is 3.43. The van der Waals surface area contributed by atoms with Crippen molar-refractivity contribution in [2.45, 2.75) is 53.6 Å². The minimum atomic E-state index is -0.101. The minimum Gasteiger partial charge on any atom is -0.380 e. The molecule has 1 aromatic rings. The number of aromatic nitrogens is 2. The molecule has 0 aromatic carbocycles. The first-order chi connectivity index (χ1) is 8.14. The van der Waals surface area contributed by atoms with E-state index >= 15 is 0 Å². The fourth-order valence-electron chi connectivity index (χ4n) is 1.36. The lowest BCUT2D eigenvalue weighted by Gasteiger charge is -2.29. The standard InChI is InChI=1S/C13H22BrN3O/c1-8(2)17-12(18)11(14)10(7-15-17)16-9(3)13(4,5)6/h7-9,16H,1-6H3. The van der Waals surface area contributed by atoms with E-state index in [4.69, 9.17) is 0 Å². The third kappa shape index (κ3) is 3.34. The first-order valence-corrected chi connectivity index (χ1v) is 6.97. The van der Waals surface area contributed by atoms with Crippen molar-refractivity contribution in [2.75, 3.05) is 5.32 Å². The van der Waals surface area contributed by atoms with Crippen LogP contribution in [-0.4, -0.2) is 15.8 Å². The number of nitrogens with zero attached hydrogens (tertiary/aromatic N) is 2. The van der Waals surface area contributed by atoms with Gasteiger partial charge in [0, 0.05) is 6.04 Å².